The van der Waals surface area contributed by atoms with Crippen LogP contribution in [0, 0.1) is 0 Å². The summed E-state index contributed by atoms with van der Waals surface area (Å²) in [5, 5.41) is 0. The lowest BCUT2D eigenvalue weighted by Gasteiger charge is -1.98. The summed E-state index contributed by atoms with van der Waals surface area (Å²) in [6.45, 7) is 0. The molecule has 0 fully saturated rings. The van der Waals surface area contributed by atoms with Crippen molar-refractivity contribution in [2.45, 2.75) is 5.75 Å². The van der Waals surface area contributed by atoms with Gasteiger partial charge in [-0.2, -0.15) is 0 Å². The molecular weight excluding hydrogens is 322 g/mol. The first-order chi connectivity index (χ1) is 11.6. The molecule has 0 saturated carbocycles. The van der Waals surface area contributed by atoms with E-state index in [0.717, 1.165) is 11.1 Å². The number of rotatable bonds is 6. The Morgan fingerprint density at radius 1 is 0.958 bits per heavy atom. The van der Waals surface area contributed by atoms with Crippen LogP contribution < -0.4 is 0 Å². The molecule has 24 heavy (non-hydrogen) atoms. The molecule has 3 rings (SSSR count). The van der Waals surface area contributed by atoms with E-state index in [4.69, 9.17) is 4.42 Å². The Morgan fingerprint density at radius 2 is 1.62 bits per heavy atom. The Hall–Kier alpha value is -2.66. The van der Waals surface area contributed by atoms with Gasteiger partial charge in [0.15, 0.2) is 9.84 Å². The molecule has 0 radical (unpaired) electrons. The Balaban J connectivity index is 1.65. The lowest BCUT2D eigenvalue weighted by atomic mass is 10.2. The SMILES string of the molecule is O=S(=O)(C/C=C/c1ccccc1)Cc1coc(-c2ccccc2)n1. The molecule has 1 aromatic heterocycles. The predicted octanol–water partition coefficient (Wildman–Crippen LogP) is 3.97. The molecule has 0 aliphatic heterocycles. The molecule has 0 amide bonds. The van der Waals surface area contributed by atoms with Crippen LogP contribution in [0.2, 0.25) is 0 Å². The number of hydrogen-bond acceptors (Lipinski definition) is 4. The lowest BCUT2D eigenvalue weighted by Crippen LogP contribution is -2.07. The van der Waals surface area contributed by atoms with Gasteiger partial charge in [-0.1, -0.05) is 60.7 Å². The number of benzene rings is 2. The van der Waals surface area contributed by atoms with Gasteiger partial charge in [0.2, 0.25) is 5.89 Å². The van der Waals surface area contributed by atoms with Gasteiger partial charge < -0.3 is 4.42 Å². The lowest BCUT2D eigenvalue weighted by molar-refractivity contribution is 0.572. The first kappa shape index (κ1) is 16.2. The average Bonchev–Trinajstić information content (AvgIpc) is 3.04. The molecule has 2 aromatic carbocycles. The van der Waals surface area contributed by atoms with E-state index in [9.17, 15) is 8.42 Å². The highest BCUT2D eigenvalue weighted by Crippen LogP contribution is 2.19. The number of oxazole rings is 1. The second-order valence-electron chi connectivity index (χ2n) is 5.38. The smallest absolute Gasteiger partial charge is 0.226 e. The van der Waals surface area contributed by atoms with E-state index in [1.807, 2.05) is 60.7 Å². The molecule has 4 nitrogen and oxygen atoms in total. The second kappa shape index (κ2) is 7.27. The summed E-state index contributed by atoms with van der Waals surface area (Å²) in [5.74, 6) is 0.262. The third-order valence-electron chi connectivity index (χ3n) is 3.40. The Morgan fingerprint density at radius 3 is 2.33 bits per heavy atom. The zero-order valence-corrected chi connectivity index (χ0v) is 13.8. The number of sulfone groups is 1. The molecule has 0 atom stereocenters. The van der Waals surface area contributed by atoms with E-state index >= 15 is 0 Å². The van der Waals surface area contributed by atoms with Crippen LogP contribution in [-0.2, 0) is 15.6 Å². The van der Waals surface area contributed by atoms with E-state index in [1.54, 1.807) is 12.2 Å². The van der Waals surface area contributed by atoms with Gasteiger partial charge in [0.1, 0.15) is 6.26 Å². The van der Waals surface area contributed by atoms with Gasteiger partial charge in [0, 0.05) is 5.56 Å². The molecule has 122 valence electrons. The van der Waals surface area contributed by atoms with Crippen molar-refractivity contribution >= 4 is 15.9 Å². The van der Waals surface area contributed by atoms with Crippen molar-refractivity contribution in [1.29, 1.82) is 0 Å². The minimum Gasteiger partial charge on any atom is -0.444 e. The minimum absolute atomic E-state index is 0.0323. The maximum absolute atomic E-state index is 12.2. The van der Waals surface area contributed by atoms with E-state index in [-0.39, 0.29) is 11.5 Å². The maximum atomic E-state index is 12.2. The van der Waals surface area contributed by atoms with Gasteiger partial charge in [-0.15, -0.1) is 0 Å². The molecule has 1 heterocycles. The monoisotopic (exact) mass is 339 g/mol. The van der Waals surface area contributed by atoms with E-state index in [2.05, 4.69) is 4.98 Å². The van der Waals surface area contributed by atoms with Crippen LogP contribution in [0.25, 0.3) is 17.5 Å². The standard InChI is InChI=1S/C19H17NO3S/c21-24(22,13-7-10-16-8-3-1-4-9-16)15-18-14-23-19(20-18)17-11-5-2-6-12-17/h1-12,14H,13,15H2/b10-7+. The highest BCUT2D eigenvalue weighted by molar-refractivity contribution is 7.90. The summed E-state index contributed by atoms with van der Waals surface area (Å²) in [7, 11) is -3.28. The van der Waals surface area contributed by atoms with Gasteiger partial charge in [-0.25, -0.2) is 13.4 Å². The summed E-state index contributed by atoms with van der Waals surface area (Å²) in [5.41, 5.74) is 2.22. The summed E-state index contributed by atoms with van der Waals surface area (Å²) in [6, 6.07) is 19.0. The van der Waals surface area contributed by atoms with Crippen molar-refractivity contribution in [2.75, 3.05) is 5.75 Å². The van der Waals surface area contributed by atoms with E-state index in [0.29, 0.717) is 11.6 Å². The molecular formula is C19H17NO3S. The fraction of sp³-hybridized carbons (Fsp3) is 0.105. The van der Waals surface area contributed by atoms with Crippen molar-refractivity contribution in [3.63, 3.8) is 0 Å². The second-order valence-corrected chi connectivity index (χ2v) is 7.49. The zero-order chi connectivity index (χ0) is 16.8. The van der Waals surface area contributed by atoms with Crippen molar-refractivity contribution in [1.82, 2.24) is 4.98 Å². The fourth-order valence-corrected chi connectivity index (χ4v) is 3.36. The van der Waals surface area contributed by atoms with Gasteiger partial charge in [0.25, 0.3) is 0 Å². The largest absolute Gasteiger partial charge is 0.444 e. The molecule has 0 bridgehead atoms. The fourth-order valence-electron chi connectivity index (χ4n) is 2.27. The topological polar surface area (TPSA) is 60.2 Å². The minimum atomic E-state index is -3.28. The molecule has 0 spiro atoms. The molecule has 0 aliphatic carbocycles. The third kappa shape index (κ3) is 4.43. The average molecular weight is 339 g/mol. The molecule has 3 aromatic rings. The summed E-state index contributed by atoms with van der Waals surface area (Å²) in [4.78, 5) is 4.26. The van der Waals surface area contributed by atoms with Crippen molar-refractivity contribution in [3.05, 3.63) is 84.3 Å². The Bertz CT molecular complexity index is 914. The number of aromatic nitrogens is 1. The Labute approximate surface area is 141 Å². The summed E-state index contributed by atoms with van der Waals surface area (Å²) >= 11 is 0. The molecule has 0 aliphatic rings. The van der Waals surface area contributed by atoms with Crippen LogP contribution in [-0.4, -0.2) is 19.2 Å². The van der Waals surface area contributed by atoms with E-state index < -0.39 is 9.84 Å². The van der Waals surface area contributed by atoms with Crippen LogP contribution >= 0.6 is 0 Å². The van der Waals surface area contributed by atoms with Crippen molar-refractivity contribution in [3.8, 4) is 11.5 Å². The highest BCUT2D eigenvalue weighted by atomic mass is 32.2. The van der Waals surface area contributed by atoms with Crippen LogP contribution in [0.1, 0.15) is 11.3 Å². The van der Waals surface area contributed by atoms with Gasteiger partial charge >= 0.3 is 0 Å². The molecule has 0 saturated heterocycles. The highest BCUT2D eigenvalue weighted by Gasteiger charge is 2.14. The van der Waals surface area contributed by atoms with Crippen molar-refractivity contribution < 1.29 is 12.8 Å². The van der Waals surface area contributed by atoms with Gasteiger partial charge in [-0.05, 0) is 17.7 Å². The first-order valence-corrected chi connectivity index (χ1v) is 9.36. The third-order valence-corrected chi connectivity index (χ3v) is 4.84. The summed E-state index contributed by atoms with van der Waals surface area (Å²) in [6.07, 6.45) is 4.86. The van der Waals surface area contributed by atoms with E-state index in [1.165, 1.54) is 6.26 Å². The molecule has 0 N–H and O–H groups in total. The van der Waals surface area contributed by atoms with Crippen molar-refractivity contribution in [2.24, 2.45) is 0 Å². The molecule has 0 unspecified atom stereocenters. The quantitative estimate of drug-likeness (QED) is 0.682. The van der Waals surface area contributed by atoms with Gasteiger partial charge in [-0.3, -0.25) is 0 Å². The number of nitrogens with zero attached hydrogens (tertiary/aromatic N) is 1. The normalized spacial score (nSPS) is 11.8. The maximum Gasteiger partial charge on any atom is 0.226 e. The van der Waals surface area contributed by atoms with Gasteiger partial charge in [0.05, 0.1) is 17.2 Å². The summed E-state index contributed by atoms with van der Waals surface area (Å²) < 4.78 is 29.8. The van der Waals surface area contributed by atoms with Crippen LogP contribution in [0.3, 0.4) is 0 Å². The van der Waals surface area contributed by atoms with Crippen LogP contribution in [0.5, 0.6) is 0 Å². The first-order valence-electron chi connectivity index (χ1n) is 7.54. The Kier molecular flexibility index (Phi) is 4.91. The van der Waals surface area contributed by atoms with Crippen LogP contribution in [0.4, 0.5) is 0 Å². The number of hydrogen-bond donors (Lipinski definition) is 0. The zero-order valence-electron chi connectivity index (χ0n) is 13.0. The predicted molar refractivity (Wildman–Crippen MR) is 94.9 cm³/mol. The van der Waals surface area contributed by atoms with Crippen LogP contribution in [0.15, 0.2) is 77.4 Å². The molecule has 5 heteroatoms.